The minimum Gasteiger partial charge on any atom is -0.432 e. The lowest BCUT2D eigenvalue weighted by Crippen LogP contribution is -3.06. The van der Waals surface area contributed by atoms with Gasteiger partial charge in [-0.2, -0.15) is 0 Å². The van der Waals surface area contributed by atoms with Crippen LogP contribution in [0, 0.1) is 5.92 Å². The Bertz CT molecular complexity index is 1040. The second kappa shape index (κ2) is 7.54. The molecule has 0 unspecified atom stereocenters. The van der Waals surface area contributed by atoms with Gasteiger partial charge in [-0.05, 0) is 31.7 Å². The van der Waals surface area contributed by atoms with Crippen LogP contribution >= 0.6 is 0 Å². The normalized spacial score (nSPS) is 16.1. The molecular formula is C22H32N5O2+. The molecule has 1 aliphatic rings. The maximum atomic E-state index is 6.25. The number of hydrogen-bond acceptors (Lipinski definition) is 6. The number of nitrogens with zero attached hydrogens (tertiary/aromatic N) is 3. The van der Waals surface area contributed by atoms with Crippen molar-refractivity contribution in [3.63, 3.8) is 0 Å². The van der Waals surface area contributed by atoms with Crippen molar-refractivity contribution in [2.75, 3.05) is 32.5 Å². The average Bonchev–Trinajstić information content (AvgIpc) is 2.99. The first-order valence-electron chi connectivity index (χ1n) is 10.5. The van der Waals surface area contributed by atoms with Crippen molar-refractivity contribution in [1.29, 1.82) is 0 Å². The van der Waals surface area contributed by atoms with Crippen LogP contribution in [0.15, 0.2) is 10.7 Å². The number of quaternary nitrogens is 1. The molecule has 3 aromatic rings. The fourth-order valence-electron chi connectivity index (χ4n) is 3.99. The summed E-state index contributed by atoms with van der Waals surface area (Å²) in [6, 6.07) is 0. The molecule has 3 aromatic heterocycles. The molecule has 4 heterocycles. The zero-order valence-electron chi connectivity index (χ0n) is 18.3. The smallest absolute Gasteiger partial charge is 0.229 e. The van der Waals surface area contributed by atoms with Crippen LogP contribution in [0.5, 0.6) is 0 Å². The summed E-state index contributed by atoms with van der Waals surface area (Å²) in [6.45, 7) is 11.1. The minimum absolute atomic E-state index is 0.220. The zero-order chi connectivity index (χ0) is 20.8. The molecule has 29 heavy (non-hydrogen) atoms. The fraction of sp³-hybridized carbons (Fsp3) is 0.591. The molecule has 0 aliphatic carbocycles. The number of ether oxygens (including phenoxy) is 1. The van der Waals surface area contributed by atoms with E-state index in [0.717, 1.165) is 48.3 Å². The number of rotatable bonds is 6. The number of anilines is 1. The van der Waals surface area contributed by atoms with Gasteiger partial charge in [-0.15, -0.1) is 0 Å². The van der Waals surface area contributed by atoms with Crippen LogP contribution in [0.1, 0.15) is 44.5 Å². The Hall–Kier alpha value is -2.25. The molecule has 7 heteroatoms. The summed E-state index contributed by atoms with van der Waals surface area (Å²) < 4.78 is 12.4. The van der Waals surface area contributed by atoms with Crippen molar-refractivity contribution in [2.45, 2.75) is 52.7 Å². The zero-order valence-corrected chi connectivity index (χ0v) is 18.3. The van der Waals surface area contributed by atoms with Gasteiger partial charge in [0.1, 0.15) is 11.8 Å². The summed E-state index contributed by atoms with van der Waals surface area (Å²) in [4.78, 5) is 15.3. The molecule has 0 fully saturated rings. The molecule has 0 saturated carbocycles. The van der Waals surface area contributed by atoms with Gasteiger partial charge in [0.05, 0.1) is 50.5 Å². The Morgan fingerprint density at radius 3 is 2.72 bits per heavy atom. The van der Waals surface area contributed by atoms with Gasteiger partial charge in [-0.3, -0.25) is 0 Å². The molecule has 7 nitrogen and oxygen atoms in total. The van der Waals surface area contributed by atoms with Crippen LogP contribution in [0.4, 0.5) is 5.82 Å². The fourth-order valence-corrected chi connectivity index (χ4v) is 3.99. The number of hydrogen-bond donors (Lipinski definition) is 2. The molecule has 2 N–H and O–H groups in total. The molecule has 0 aromatic carbocycles. The number of furan rings is 1. The van der Waals surface area contributed by atoms with E-state index in [-0.39, 0.29) is 5.60 Å². The van der Waals surface area contributed by atoms with Crippen molar-refractivity contribution >= 4 is 28.0 Å². The van der Waals surface area contributed by atoms with Crippen LogP contribution in [-0.4, -0.2) is 47.7 Å². The molecule has 0 saturated heterocycles. The molecular weight excluding hydrogens is 366 g/mol. The van der Waals surface area contributed by atoms with Crippen molar-refractivity contribution in [3.05, 3.63) is 23.1 Å². The molecule has 156 valence electrons. The van der Waals surface area contributed by atoms with E-state index >= 15 is 0 Å². The van der Waals surface area contributed by atoms with Gasteiger partial charge >= 0.3 is 0 Å². The molecule has 0 radical (unpaired) electrons. The highest BCUT2D eigenvalue weighted by Gasteiger charge is 2.32. The maximum Gasteiger partial charge on any atom is 0.229 e. The van der Waals surface area contributed by atoms with Crippen molar-refractivity contribution < 1.29 is 14.1 Å². The highest BCUT2D eigenvalue weighted by Crippen LogP contribution is 2.39. The largest absolute Gasteiger partial charge is 0.432 e. The standard InChI is InChI=1S/C22H31N5O2/c1-13(2)9-16-15-11-28-22(3,4)10-14(15)17-18-19(29-21(17)26-16)20(25-12-24-18)23-7-8-27(5)6/h12-13H,7-11H2,1-6H3,(H,23,24,25)/p+1. The van der Waals surface area contributed by atoms with Gasteiger partial charge < -0.3 is 19.4 Å². The number of fused-ring (bicyclic) bond motifs is 5. The third-order valence-corrected chi connectivity index (χ3v) is 5.43. The Labute approximate surface area is 171 Å². The molecule has 0 amide bonds. The summed E-state index contributed by atoms with van der Waals surface area (Å²) in [7, 11) is 4.27. The van der Waals surface area contributed by atoms with Crippen LogP contribution in [0.25, 0.3) is 22.2 Å². The van der Waals surface area contributed by atoms with Crippen LogP contribution < -0.4 is 10.2 Å². The molecule has 4 rings (SSSR count). The quantitative estimate of drug-likeness (QED) is 0.664. The lowest BCUT2D eigenvalue weighted by molar-refractivity contribution is -0.856. The topological polar surface area (TPSA) is 77.5 Å². The van der Waals surface area contributed by atoms with E-state index in [0.29, 0.717) is 23.8 Å². The lowest BCUT2D eigenvalue weighted by Gasteiger charge is -2.33. The lowest BCUT2D eigenvalue weighted by atomic mass is 9.88. The third-order valence-electron chi connectivity index (χ3n) is 5.43. The van der Waals surface area contributed by atoms with Gasteiger partial charge in [0.15, 0.2) is 11.4 Å². The van der Waals surface area contributed by atoms with E-state index in [1.54, 1.807) is 6.33 Å². The van der Waals surface area contributed by atoms with Crippen LogP contribution in [-0.2, 0) is 24.2 Å². The van der Waals surface area contributed by atoms with Crippen LogP contribution in [0.2, 0.25) is 0 Å². The molecule has 0 bridgehead atoms. The van der Waals surface area contributed by atoms with E-state index in [4.69, 9.17) is 14.1 Å². The minimum atomic E-state index is -0.220. The Kier molecular flexibility index (Phi) is 5.21. The Morgan fingerprint density at radius 2 is 2.00 bits per heavy atom. The third kappa shape index (κ3) is 3.94. The van der Waals surface area contributed by atoms with E-state index in [1.165, 1.54) is 16.0 Å². The number of pyridine rings is 1. The number of nitrogens with one attached hydrogen (secondary N) is 2. The first kappa shape index (κ1) is 20.0. The van der Waals surface area contributed by atoms with E-state index in [9.17, 15) is 0 Å². The molecule has 0 spiro atoms. The van der Waals surface area contributed by atoms with E-state index < -0.39 is 0 Å². The van der Waals surface area contributed by atoms with Crippen molar-refractivity contribution in [1.82, 2.24) is 15.0 Å². The average molecular weight is 399 g/mol. The highest BCUT2D eigenvalue weighted by atomic mass is 16.5. The van der Waals surface area contributed by atoms with Crippen molar-refractivity contribution in [3.8, 4) is 0 Å². The van der Waals surface area contributed by atoms with Gasteiger partial charge in [-0.25, -0.2) is 15.0 Å². The van der Waals surface area contributed by atoms with Gasteiger partial charge in [-0.1, -0.05) is 13.8 Å². The molecule has 0 atom stereocenters. The van der Waals surface area contributed by atoms with E-state index in [1.807, 2.05) is 0 Å². The first-order valence-corrected chi connectivity index (χ1v) is 10.5. The van der Waals surface area contributed by atoms with E-state index in [2.05, 4.69) is 57.1 Å². The number of likely N-dealkylation sites (N-methyl/N-ethyl adjacent to an activating group) is 1. The summed E-state index contributed by atoms with van der Waals surface area (Å²) in [5.74, 6) is 1.24. The van der Waals surface area contributed by atoms with Crippen molar-refractivity contribution in [2.24, 2.45) is 5.92 Å². The highest BCUT2D eigenvalue weighted by molar-refractivity contribution is 6.06. The van der Waals surface area contributed by atoms with Gasteiger partial charge in [0, 0.05) is 12.0 Å². The summed E-state index contributed by atoms with van der Waals surface area (Å²) in [6.07, 6.45) is 3.33. The summed E-state index contributed by atoms with van der Waals surface area (Å²) in [5.41, 5.74) is 5.53. The molecule has 1 aliphatic heterocycles. The monoisotopic (exact) mass is 398 g/mol. The van der Waals surface area contributed by atoms with Gasteiger partial charge in [0.2, 0.25) is 5.71 Å². The summed E-state index contributed by atoms with van der Waals surface area (Å²) >= 11 is 0. The SMILES string of the molecule is CC(C)Cc1nc2oc3c(NCC[NH+](C)C)ncnc3c2c2c1COC(C)(C)C2. The number of aromatic nitrogens is 3. The van der Waals surface area contributed by atoms with Crippen LogP contribution in [0.3, 0.4) is 0 Å². The second-order valence-corrected chi connectivity index (χ2v) is 9.40. The first-order chi connectivity index (χ1) is 13.7. The maximum absolute atomic E-state index is 6.25. The van der Waals surface area contributed by atoms with Gasteiger partial charge in [0.25, 0.3) is 0 Å². The summed E-state index contributed by atoms with van der Waals surface area (Å²) in [5, 5.41) is 4.42. The predicted octanol–water partition coefficient (Wildman–Crippen LogP) is 2.38. The Balaban J connectivity index is 1.89. The predicted molar refractivity (Wildman–Crippen MR) is 114 cm³/mol. The second-order valence-electron chi connectivity index (χ2n) is 9.40. The Morgan fingerprint density at radius 1 is 1.21 bits per heavy atom.